The molecular formula is C46H92N4O6SSi4. The molecule has 0 amide bonds. The normalized spacial score (nSPS) is 17.7. The van der Waals surface area contributed by atoms with Gasteiger partial charge in [-0.25, -0.2) is 8.42 Å². The van der Waals surface area contributed by atoms with Gasteiger partial charge in [-0.2, -0.15) is 4.68 Å². The van der Waals surface area contributed by atoms with E-state index in [1.807, 2.05) is 18.2 Å². The van der Waals surface area contributed by atoms with Crippen molar-refractivity contribution in [1.82, 2.24) is 20.2 Å². The van der Waals surface area contributed by atoms with Gasteiger partial charge in [0.1, 0.15) is 0 Å². The number of nitrogens with zero attached hydrogens (tertiary/aromatic N) is 4. The minimum Gasteiger partial charge on any atom is -0.414 e. The van der Waals surface area contributed by atoms with E-state index in [1.165, 1.54) is 4.68 Å². The second kappa shape index (κ2) is 21.5. The lowest BCUT2D eigenvalue weighted by Crippen LogP contribution is -2.54. The highest BCUT2D eigenvalue weighted by Gasteiger charge is 2.48. The third-order valence-electron chi connectivity index (χ3n) is 15.4. The molecule has 2 aromatic rings. The van der Waals surface area contributed by atoms with E-state index in [0.717, 1.165) is 31.0 Å². The fourth-order valence-corrected chi connectivity index (χ4v) is 16.0. The number of para-hydroxylation sites is 1. The second-order valence-electron chi connectivity index (χ2n) is 22.8. The van der Waals surface area contributed by atoms with Crippen molar-refractivity contribution in [3.05, 3.63) is 30.3 Å². The van der Waals surface area contributed by atoms with Crippen molar-refractivity contribution >= 4 is 43.1 Å². The lowest BCUT2D eigenvalue weighted by molar-refractivity contribution is -0.0297. The summed E-state index contributed by atoms with van der Waals surface area (Å²) in [6, 6.07) is 12.1. The first-order valence-electron chi connectivity index (χ1n) is 23.4. The van der Waals surface area contributed by atoms with Gasteiger partial charge in [0.2, 0.25) is 9.84 Å². The summed E-state index contributed by atoms with van der Waals surface area (Å²) in [5.41, 5.74) is 0.606. The molecule has 0 aliphatic heterocycles. The first-order chi connectivity index (χ1) is 27.6. The van der Waals surface area contributed by atoms with Crippen LogP contribution in [0.15, 0.2) is 35.5 Å². The molecule has 0 bridgehead atoms. The molecule has 1 heterocycles. The Kier molecular flexibility index (Phi) is 19.8. The zero-order chi connectivity index (χ0) is 47.2. The molecular weight excluding hydrogens is 849 g/mol. The van der Waals surface area contributed by atoms with Gasteiger partial charge in [-0.1, -0.05) is 127 Å². The number of aromatic nitrogens is 4. The van der Waals surface area contributed by atoms with Crippen molar-refractivity contribution in [1.29, 1.82) is 0 Å². The van der Waals surface area contributed by atoms with Crippen molar-refractivity contribution in [3.63, 3.8) is 0 Å². The molecule has 0 aliphatic carbocycles. The number of rotatable bonds is 24. The van der Waals surface area contributed by atoms with Gasteiger partial charge in [-0.15, -0.1) is 0 Å². The number of benzene rings is 1. The molecule has 61 heavy (non-hydrogen) atoms. The lowest BCUT2D eigenvalue weighted by Gasteiger charge is -2.48. The van der Waals surface area contributed by atoms with E-state index in [1.54, 1.807) is 12.1 Å². The topological polar surface area (TPSA) is 115 Å². The Morgan fingerprint density at radius 3 is 1.57 bits per heavy atom. The Morgan fingerprint density at radius 1 is 0.623 bits per heavy atom. The van der Waals surface area contributed by atoms with Crippen LogP contribution in [0, 0.1) is 17.8 Å². The van der Waals surface area contributed by atoms with Crippen LogP contribution in [0.5, 0.6) is 0 Å². The van der Waals surface area contributed by atoms with Gasteiger partial charge in [0.25, 0.3) is 5.16 Å². The van der Waals surface area contributed by atoms with E-state index >= 15 is 0 Å². The molecule has 0 fully saturated rings. The van der Waals surface area contributed by atoms with Crippen molar-refractivity contribution in [2.75, 3.05) is 5.75 Å². The van der Waals surface area contributed by atoms with Crippen molar-refractivity contribution in [3.8, 4) is 5.69 Å². The van der Waals surface area contributed by atoms with E-state index in [0.29, 0.717) is 12.1 Å². The Hall–Kier alpha value is -1.05. The summed E-state index contributed by atoms with van der Waals surface area (Å²) in [6.07, 6.45) is 1.60. The predicted octanol–water partition coefficient (Wildman–Crippen LogP) is 13.1. The molecule has 0 radical (unpaired) electrons. The zero-order valence-corrected chi connectivity index (χ0v) is 47.8. The van der Waals surface area contributed by atoms with Crippen LogP contribution in [0.2, 0.25) is 72.5 Å². The fraction of sp³-hybridized carbons (Fsp3) is 0.848. The van der Waals surface area contributed by atoms with Gasteiger partial charge < -0.3 is 17.7 Å². The first-order valence-corrected chi connectivity index (χ1v) is 36.3. The average molecular weight is 942 g/mol. The molecule has 0 saturated heterocycles. The highest BCUT2D eigenvalue weighted by Crippen LogP contribution is 2.45. The molecule has 2 rings (SSSR count). The van der Waals surface area contributed by atoms with E-state index in [2.05, 4.69) is 166 Å². The van der Waals surface area contributed by atoms with E-state index < -0.39 is 43.1 Å². The van der Waals surface area contributed by atoms with Gasteiger partial charge >= 0.3 is 0 Å². The van der Waals surface area contributed by atoms with Crippen LogP contribution in [0.4, 0.5) is 0 Å². The molecule has 10 nitrogen and oxygen atoms in total. The Balaban J connectivity index is 2.63. The van der Waals surface area contributed by atoms with Crippen LogP contribution in [-0.2, 0) is 27.5 Å². The Bertz CT molecular complexity index is 1730. The zero-order valence-electron chi connectivity index (χ0n) is 43.0. The molecule has 7 atom stereocenters. The summed E-state index contributed by atoms with van der Waals surface area (Å²) < 4.78 is 58.9. The standard InChI is InChI=1S/C46H92N4O6SSi4/c1-23-61(24-2,25-3)55-40(33-34-57(51,52)43-47-48-49-50(43)39-29-27-26-28-30-39)35(4)31-32-41(54-59(19,20)45(11,12)13)37(6)42(56-60(21,22)46(14,15)16)36(5)38(7)53-58(17,18)44(8,9)10/h26-30,35-38,40-42H,23-25,31-34H2,1-22H3/t35-,36-,37-,38+,40+,41+,42+/m1/s1. The van der Waals surface area contributed by atoms with Gasteiger partial charge in [0, 0.05) is 24.0 Å². The van der Waals surface area contributed by atoms with Gasteiger partial charge in [-0.3, -0.25) is 0 Å². The summed E-state index contributed by atoms with van der Waals surface area (Å²) >= 11 is 0. The summed E-state index contributed by atoms with van der Waals surface area (Å²) in [7, 11) is -12.5. The Morgan fingerprint density at radius 2 is 1.10 bits per heavy atom. The van der Waals surface area contributed by atoms with Crippen LogP contribution in [0.3, 0.4) is 0 Å². The summed E-state index contributed by atoms with van der Waals surface area (Å²) in [5.74, 6) is 0.166. The largest absolute Gasteiger partial charge is 0.414 e. The maximum Gasteiger partial charge on any atom is 0.272 e. The Labute approximate surface area is 379 Å². The highest BCUT2D eigenvalue weighted by molar-refractivity contribution is 7.91. The number of tetrazole rings is 1. The van der Waals surface area contributed by atoms with Crippen LogP contribution < -0.4 is 0 Å². The smallest absolute Gasteiger partial charge is 0.272 e. The average Bonchev–Trinajstić information content (AvgIpc) is 3.66. The summed E-state index contributed by atoms with van der Waals surface area (Å²) in [4.78, 5) is 0. The molecule has 0 unspecified atom stereocenters. The highest BCUT2D eigenvalue weighted by atomic mass is 32.2. The molecule has 1 aromatic heterocycles. The number of hydrogen-bond donors (Lipinski definition) is 0. The second-order valence-corrected chi connectivity index (χ2v) is 43.8. The molecule has 0 saturated carbocycles. The number of hydrogen-bond acceptors (Lipinski definition) is 9. The van der Waals surface area contributed by atoms with E-state index in [9.17, 15) is 8.42 Å². The van der Waals surface area contributed by atoms with Crippen LogP contribution in [0.1, 0.15) is 130 Å². The molecule has 0 N–H and O–H groups in total. The SMILES string of the molecule is CC[Si](CC)(CC)O[C@@H](CCS(=O)(=O)c1nnnn1-c1ccccc1)[C@H](C)CC[C@H](O[Si](C)(C)C(C)(C)C)[C@@H](C)[C@@H](O[Si](C)(C)C(C)(C)C)[C@H](C)[C@H](C)O[Si](C)(C)C(C)(C)C. The fourth-order valence-electron chi connectivity index (χ4n) is 7.28. The van der Waals surface area contributed by atoms with Gasteiger partial charge in [-0.05, 0) is 127 Å². The first kappa shape index (κ1) is 56.1. The molecule has 0 spiro atoms. The maximum absolute atomic E-state index is 14.1. The van der Waals surface area contributed by atoms with Crippen molar-refractivity contribution in [2.24, 2.45) is 17.8 Å². The minimum absolute atomic E-state index is 0.00313. The van der Waals surface area contributed by atoms with Gasteiger partial charge in [0.05, 0.1) is 23.6 Å². The predicted molar refractivity (Wildman–Crippen MR) is 267 cm³/mol. The van der Waals surface area contributed by atoms with Crippen LogP contribution in [0.25, 0.3) is 5.69 Å². The van der Waals surface area contributed by atoms with Gasteiger partial charge in [0.15, 0.2) is 33.3 Å². The number of sulfone groups is 1. The molecule has 354 valence electrons. The molecule has 0 aliphatic rings. The summed E-state index contributed by atoms with van der Waals surface area (Å²) in [5, 5.41) is 11.8. The lowest BCUT2D eigenvalue weighted by atomic mass is 9.84. The summed E-state index contributed by atoms with van der Waals surface area (Å²) in [6.45, 7) is 50.8. The maximum atomic E-state index is 14.1. The van der Waals surface area contributed by atoms with E-state index in [4.69, 9.17) is 17.7 Å². The monoisotopic (exact) mass is 941 g/mol. The van der Waals surface area contributed by atoms with Crippen molar-refractivity contribution in [2.45, 2.75) is 232 Å². The van der Waals surface area contributed by atoms with Crippen LogP contribution >= 0.6 is 0 Å². The van der Waals surface area contributed by atoms with Crippen molar-refractivity contribution < 1.29 is 26.1 Å². The third-order valence-corrected chi connectivity index (χ3v) is 35.2. The third kappa shape index (κ3) is 14.7. The van der Waals surface area contributed by atoms with E-state index in [-0.39, 0.29) is 68.2 Å². The minimum atomic E-state index is -3.84. The molecule has 1 aromatic carbocycles. The molecule has 15 heteroatoms. The quantitative estimate of drug-likeness (QED) is 0.0949. The van der Waals surface area contributed by atoms with Crippen LogP contribution in [-0.4, -0.2) is 92.1 Å².